The average Bonchev–Trinajstić information content (AvgIpc) is 2.26. The van der Waals surface area contributed by atoms with Gasteiger partial charge in [-0.15, -0.1) is 0 Å². The van der Waals surface area contributed by atoms with Crippen molar-refractivity contribution in [2.75, 3.05) is 0 Å². The van der Waals surface area contributed by atoms with Crippen molar-refractivity contribution in [3.05, 3.63) is 0 Å². The molecule has 0 saturated heterocycles. The summed E-state index contributed by atoms with van der Waals surface area (Å²) >= 11 is 4.86. The van der Waals surface area contributed by atoms with Gasteiger partial charge >= 0.3 is 0 Å². The zero-order valence-corrected chi connectivity index (χ0v) is 13.5. The van der Waals surface area contributed by atoms with Crippen LogP contribution < -0.4 is 11.1 Å². The molecule has 1 rings (SSSR count). The van der Waals surface area contributed by atoms with Gasteiger partial charge in [0.25, 0.3) is 0 Å². The Morgan fingerprint density at radius 1 is 1.32 bits per heavy atom. The Labute approximate surface area is 122 Å². The Balaban J connectivity index is 2.39. The van der Waals surface area contributed by atoms with Crippen molar-refractivity contribution < 1.29 is 4.79 Å². The Hall–Kier alpha value is -0.640. The van der Waals surface area contributed by atoms with Crippen molar-refractivity contribution in [1.82, 2.24) is 5.32 Å². The fraction of sp³-hybridized carbons (Fsp3) is 0.867. The number of nitrogens with one attached hydrogen (secondary N) is 1. The zero-order valence-electron chi connectivity index (χ0n) is 12.7. The number of hydrogen-bond acceptors (Lipinski definition) is 2. The molecule has 0 aromatic heterocycles. The fourth-order valence-electron chi connectivity index (χ4n) is 2.94. The van der Waals surface area contributed by atoms with E-state index in [0.717, 1.165) is 31.6 Å². The van der Waals surface area contributed by atoms with Crippen molar-refractivity contribution in [3.63, 3.8) is 0 Å². The summed E-state index contributed by atoms with van der Waals surface area (Å²) in [6.45, 7) is 8.84. The second-order valence-corrected chi connectivity index (χ2v) is 7.52. The molecule has 19 heavy (non-hydrogen) atoms. The highest BCUT2D eigenvalue weighted by atomic mass is 32.1. The lowest BCUT2D eigenvalue weighted by Crippen LogP contribution is -2.41. The largest absolute Gasteiger partial charge is 0.393 e. The van der Waals surface area contributed by atoms with Crippen LogP contribution in [0.2, 0.25) is 0 Å². The molecule has 0 aromatic carbocycles. The normalized spacial score (nSPS) is 25.7. The molecule has 1 unspecified atom stereocenters. The van der Waals surface area contributed by atoms with E-state index < -0.39 is 0 Å². The summed E-state index contributed by atoms with van der Waals surface area (Å²) in [5, 5.41) is 3.03. The summed E-state index contributed by atoms with van der Waals surface area (Å²) in [5.74, 6) is 1.09. The molecule has 0 radical (unpaired) electrons. The second-order valence-electron chi connectivity index (χ2n) is 6.99. The van der Waals surface area contributed by atoms with Gasteiger partial charge < -0.3 is 11.1 Å². The van der Waals surface area contributed by atoms with Gasteiger partial charge in [-0.05, 0) is 43.9 Å². The Morgan fingerprint density at radius 3 is 2.26 bits per heavy atom. The van der Waals surface area contributed by atoms with Crippen LogP contribution in [-0.2, 0) is 4.79 Å². The lowest BCUT2D eigenvalue weighted by molar-refractivity contribution is -0.127. The van der Waals surface area contributed by atoms with Gasteiger partial charge in [-0.2, -0.15) is 0 Å². The first-order chi connectivity index (χ1) is 8.70. The van der Waals surface area contributed by atoms with Gasteiger partial charge in [-0.3, -0.25) is 4.79 Å². The summed E-state index contributed by atoms with van der Waals surface area (Å²) in [5.41, 5.74) is 5.86. The predicted octanol–water partition coefficient (Wildman–Crippen LogP) is 3.02. The van der Waals surface area contributed by atoms with Crippen molar-refractivity contribution in [2.45, 2.75) is 65.8 Å². The van der Waals surface area contributed by atoms with Crippen LogP contribution in [0, 0.1) is 17.3 Å². The van der Waals surface area contributed by atoms with Gasteiger partial charge in [0.15, 0.2) is 0 Å². The maximum atomic E-state index is 12.2. The smallest absolute Gasteiger partial charge is 0.223 e. The molecule has 0 bridgehead atoms. The van der Waals surface area contributed by atoms with Crippen molar-refractivity contribution in [1.29, 1.82) is 0 Å². The molecule has 0 spiro atoms. The summed E-state index contributed by atoms with van der Waals surface area (Å²) in [6, 6.07) is 0.0466. The third kappa shape index (κ3) is 5.47. The summed E-state index contributed by atoms with van der Waals surface area (Å²) in [6.07, 6.45) is 4.91. The van der Waals surface area contributed by atoms with Crippen LogP contribution in [-0.4, -0.2) is 16.9 Å². The first-order valence-corrected chi connectivity index (χ1v) is 7.69. The van der Waals surface area contributed by atoms with Crippen LogP contribution >= 0.6 is 12.2 Å². The van der Waals surface area contributed by atoms with Crippen molar-refractivity contribution >= 4 is 23.1 Å². The van der Waals surface area contributed by atoms with E-state index in [9.17, 15) is 4.79 Å². The summed E-state index contributed by atoms with van der Waals surface area (Å²) in [7, 11) is 0. The predicted molar refractivity (Wildman–Crippen MR) is 83.9 cm³/mol. The first-order valence-electron chi connectivity index (χ1n) is 7.29. The molecule has 1 amide bonds. The topological polar surface area (TPSA) is 55.1 Å². The molecular weight excluding hydrogens is 256 g/mol. The quantitative estimate of drug-likeness (QED) is 0.780. The SMILES string of the molecule is CC(CC(N)=S)NC(=O)C1CCC(C(C)(C)C)CC1. The number of thiocarbonyl (C=S) groups is 1. The highest BCUT2D eigenvalue weighted by molar-refractivity contribution is 7.80. The van der Waals surface area contributed by atoms with Crippen LogP contribution in [0.3, 0.4) is 0 Å². The first kappa shape index (κ1) is 16.4. The highest BCUT2D eigenvalue weighted by Gasteiger charge is 2.32. The van der Waals surface area contributed by atoms with Gasteiger partial charge in [-0.25, -0.2) is 0 Å². The van der Waals surface area contributed by atoms with E-state index in [4.69, 9.17) is 18.0 Å². The monoisotopic (exact) mass is 284 g/mol. The lowest BCUT2D eigenvalue weighted by Gasteiger charge is -2.36. The van der Waals surface area contributed by atoms with E-state index in [-0.39, 0.29) is 17.9 Å². The van der Waals surface area contributed by atoms with Crippen LogP contribution in [0.15, 0.2) is 0 Å². The Morgan fingerprint density at radius 2 is 1.84 bits per heavy atom. The molecular formula is C15H28N2OS. The lowest BCUT2D eigenvalue weighted by atomic mass is 9.69. The molecule has 110 valence electrons. The molecule has 3 nitrogen and oxygen atoms in total. The van der Waals surface area contributed by atoms with E-state index in [1.54, 1.807) is 0 Å². The molecule has 1 aliphatic rings. The maximum Gasteiger partial charge on any atom is 0.223 e. The van der Waals surface area contributed by atoms with Crippen LogP contribution in [0.1, 0.15) is 59.8 Å². The minimum absolute atomic E-state index is 0.0466. The van der Waals surface area contributed by atoms with E-state index in [1.807, 2.05) is 6.92 Å². The molecule has 0 heterocycles. The number of amides is 1. The third-order valence-corrected chi connectivity index (χ3v) is 4.39. The summed E-state index contributed by atoms with van der Waals surface area (Å²) in [4.78, 5) is 12.6. The fourth-order valence-corrected chi connectivity index (χ4v) is 3.19. The molecule has 4 heteroatoms. The zero-order chi connectivity index (χ0) is 14.6. The average molecular weight is 284 g/mol. The van der Waals surface area contributed by atoms with Crippen LogP contribution in [0.4, 0.5) is 0 Å². The molecule has 1 atom stereocenters. The van der Waals surface area contributed by atoms with Crippen molar-refractivity contribution in [2.24, 2.45) is 23.0 Å². The van der Waals surface area contributed by atoms with Gasteiger partial charge in [0.05, 0.1) is 4.99 Å². The molecule has 0 aromatic rings. The highest BCUT2D eigenvalue weighted by Crippen LogP contribution is 2.39. The van der Waals surface area contributed by atoms with Crippen molar-refractivity contribution in [3.8, 4) is 0 Å². The van der Waals surface area contributed by atoms with E-state index in [0.29, 0.717) is 16.8 Å². The number of rotatable bonds is 4. The van der Waals surface area contributed by atoms with E-state index >= 15 is 0 Å². The van der Waals surface area contributed by atoms with Crippen LogP contribution in [0.5, 0.6) is 0 Å². The standard InChI is InChI=1S/C15H28N2OS/c1-10(9-13(16)19)17-14(18)11-5-7-12(8-6-11)15(2,3)4/h10-12H,5-9H2,1-4H3,(H2,16,19)(H,17,18). The minimum Gasteiger partial charge on any atom is -0.393 e. The number of hydrogen-bond donors (Lipinski definition) is 2. The van der Waals surface area contributed by atoms with Gasteiger partial charge in [0.1, 0.15) is 0 Å². The Kier molecular flexibility index (Phi) is 5.78. The van der Waals surface area contributed by atoms with Gasteiger partial charge in [0.2, 0.25) is 5.91 Å². The Bertz CT molecular complexity index is 328. The second kappa shape index (κ2) is 6.69. The van der Waals surface area contributed by atoms with Gasteiger partial charge in [-0.1, -0.05) is 33.0 Å². The number of nitrogens with two attached hydrogens (primary N) is 1. The minimum atomic E-state index is 0.0466. The number of carbonyl (C=O) groups excluding carboxylic acids is 1. The van der Waals surface area contributed by atoms with Gasteiger partial charge in [0, 0.05) is 18.4 Å². The maximum absolute atomic E-state index is 12.2. The molecule has 1 saturated carbocycles. The molecule has 1 aliphatic carbocycles. The number of carbonyl (C=O) groups is 1. The van der Waals surface area contributed by atoms with E-state index in [1.165, 1.54) is 0 Å². The van der Waals surface area contributed by atoms with E-state index in [2.05, 4.69) is 26.1 Å². The summed E-state index contributed by atoms with van der Waals surface area (Å²) < 4.78 is 0. The van der Waals surface area contributed by atoms with Crippen LogP contribution in [0.25, 0.3) is 0 Å². The molecule has 0 aliphatic heterocycles. The molecule has 1 fully saturated rings. The molecule has 3 N–H and O–H groups in total. The third-order valence-electron chi connectivity index (χ3n) is 4.22.